The summed E-state index contributed by atoms with van der Waals surface area (Å²) in [5, 5.41) is 0.831. The van der Waals surface area contributed by atoms with Gasteiger partial charge in [0.25, 0.3) is 5.91 Å². The van der Waals surface area contributed by atoms with E-state index in [-0.39, 0.29) is 11.5 Å². The fraction of sp³-hybridized carbons (Fsp3) is 0.250. The average molecular weight is 285 g/mol. The Labute approximate surface area is 111 Å². The summed E-state index contributed by atoms with van der Waals surface area (Å²) in [6.45, 7) is 0.508. The van der Waals surface area contributed by atoms with E-state index in [9.17, 15) is 13.2 Å². The fourth-order valence-corrected chi connectivity index (χ4v) is 2.12. The molecule has 0 unspecified atom stereocenters. The van der Waals surface area contributed by atoms with Crippen molar-refractivity contribution in [2.75, 3.05) is 20.3 Å². The summed E-state index contributed by atoms with van der Waals surface area (Å²) in [6.07, 6.45) is 0.898. The summed E-state index contributed by atoms with van der Waals surface area (Å²) in [6, 6.07) is 7.82. The van der Waals surface area contributed by atoms with Crippen LogP contribution < -0.4 is 5.48 Å². The van der Waals surface area contributed by atoms with Gasteiger partial charge in [-0.15, -0.1) is 0 Å². The number of amides is 1. The van der Waals surface area contributed by atoms with E-state index in [1.165, 1.54) is 19.2 Å². The Hall–Kier alpha value is -1.70. The zero-order chi connectivity index (χ0) is 14.1. The van der Waals surface area contributed by atoms with Gasteiger partial charge in [-0.25, -0.2) is 13.9 Å². The summed E-state index contributed by atoms with van der Waals surface area (Å²) < 4.78 is 28.3. The zero-order valence-electron chi connectivity index (χ0n) is 10.4. The highest BCUT2D eigenvalue weighted by atomic mass is 32.2. The van der Waals surface area contributed by atoms with E-state index >= 15 is 0 Å². The van der Waals surface area contributed by atoms with Crippen molar-refractivity contribution >= 4 is 15.7 Å². The maximum atomic E-state index is 11.8. The number of benzene rings is 1. The number of hydrogen-bond acceptors (Lipinski definition) is 5. The van der Waals surface area contributed by atoms with Crippen LogP contribution in [-0.4, -0.2) is 34.6 Å². The first-order valence-electron chi connectivity index (χ1n) is 5.45. The molecule has 0 saturated carbocycles. The normalized spacial score (nSPS) is 11.6. The van der Waals surface area contributed by atoms with Gasteiger partial charge in [-0.2, -0.15) is 0 Å². The van der Waals surface area contributed by atoms with Gasteiger partial charge in [0.1, 0.15) is 0 Å². The van der Waals surface area contributed by atoms with Crippen LogP contribution in [0.1, 0.15) is 0 Å². The largest absolute Gasteiger partial charge is 0.382 e. The lowest BCUT2D eigenvalue weighted by molar-refractivity contribution is -0.129. The van der Waals surface area contributed by atoms with Crippen molar-refractivity contribution < 1.29 is 22.8 Å². The van der Waals surface area contributed by atoms with Crippen LogP contribution in [0.5, 0.6) is 0 Å². The minimum atomic E-state index is -3.61. The van der Waals surface area contributed by atoms with Gasteiger partial charge in [0.05, 0.1) is 18.1 Å². The second kappa shape index (κ2) is 7.67. The third-order valence-corrected chi connectivity index (χ3v) is 3.46. The van der Waals surface area contributed by atoms with Crippen molar-refractivity contribution in [3.05, 3.63) is 41.8 Å². The van der Waals surface area contributed by atoms with Crippen molar-refractivity contribution in [3.63, 3.8) is 0 Å². The van der Waals surface area contributed by atoms with Crippen molar-refractivity contribution in [2.24, 2.45) is 0 Å². The first-order chi connectivity index (χ1) is 9.06. The molecule has 0 saturated heterocycles. The number of ether oxygens (including phenoxy) is 1. The predicted octanol–water partition coefficient (Wildman–Crippen LogP) is 0.668. The highest BCUT2D eigenvalue weighted by Gasteiger charge is 2.09. The zero-order valence-corrected chi connectivity index (χ0v) is 11.2. The molecule has 19 heavy (non-hydrogen) atoms. The standard InChI is InChI=1S/C12H15NO5S/c1-17-8-9-18-13-12(14)7-10-19(15,16)11-5-3-2-4-6-11/h2-7,10H,8-9H2,1H3,(H,13,14)/b10-7+. The van der Waals surface area contributed by atoms with Crippen LogP contribution in [0.2, 0.25) is 0 Å². The fourth-order valence-electron chi connectivity index (χ4n) is 1.12. The Morgan fingerprint density at radius 3 is 2.58 bits per heavy atom. The quantitative estimate of drug-likeness (QED) is 0.452. The molecule has 1 aromatic rings. The van der Waals surface area contributed by atoms with E-state index in [4.69, 9.17) is 9.57 Å². The lowest BCUT2D eigenvalue weighted by Crippen LogP contribution is -2.23. The smallest absolute Gasteiger partial charge is 0.268 e. The number of sulfone groups is 1. The molecule has 1 amide bonds. The average Bonchev–Trinajstić information content (AvgIpc) is 2.42. The van der Waals surface area contributed by atoms with Crippen molar-refractivity contribution in [1.82, 2.24) is 5.48 Å². The van der Waals surface area contributed by atoms with Crippen LogP contribution in [-0.2, 0) is 24.2 Å². The molecule has 0 atom stereocenters. The molecule has 0 heterocycles. The Morgan fingerprint density at radius 2 is 1.95 bits per heavy atom. The van der Waals surface area contributed by atoms with Gasteiger partial charge in [-0.05, 0) is 12.1 Å². The van der Waals surface area contributed by atoms with Gasteiger partial charge in [-0.3, -0.25) is 9.63 Å². The molecule has 0 spiro atoms. The summed E-state index contributed by atoms with van der Waals surface area (Å²) in [7, 11) is -2.11. The lowest BCUT2D eigenvalue weighted by Gasteiger charge is -2.02. The Balaban J connectivity index is 2.54. The Morgan fingerprint density at radius 1 is 1.26 bits per heavy atom. The van der Waals surface area contributed by atoms with E-state index in [0.717, 1.165) is 11.5 Å². The number of hydroxylamine groups is 1. The molecule has 0 aliphatic carbocycles. The minimum absolute atomic E-state index is 0.124. The van der Waals surface area contributed by atoms with Crippen LogP contribution >= 0.6 is 0 Å². The molecule has 1 N–H and O–H groups in total. The second-order valence-electron chi connectivity index (χ2n) is 3.47. The van der Waals surface area contributed by atoms with Crippen molar-refractivity contribution in [1.29, 1.82) is 0 Å². The SMILES string of the molecule is COCCONC(=O)/C=C/S(=O)(=O)c1ccccc1. The van der Waals surface area contributed by atoms with Gasteiger partial charge >= 0.3 is 0 Å². The molecule has 0 aromatic heterocycles. The molecule has 104 valence electrons. The van der Waals surface area contributed by atoms with Crippen LogP contribution in [0.4, 0.5) is 0 Å². The Bertz CT molecular complexity index is 524. The van der Waals surface area contributed by atoms with Crippen LogP contribution in [0.3, 0.4) is 0 Å². The number of methoxy groups -OCH3 is 1. The molecular weight excluding hydrogens is 270 g/mol. The summed E-state index contributed by atoms with van der Waals surface area (Å²) in [4.78, 5) is 16.1. The maximum Gasteiger partial charge on any atom is 0.268 e. The topological polar surface area (TPSA) is 81.7 Å². The molecule has 0 aliphatic rings. The summed E-state index contributed by atoms with van der Waals surface area (Å²) in [5.74, 6) is -0.657. The number of carbonyl (C=O) groups excluding carboxylic acids is 1. The first kappa shape index (κ1) is 15.4. The van der Waals surface area contributed by atoms with Gasteiger partial charge in [0, 0.05) is 18.6 Å². The predicted molar refractivity (Wildman–Crippen MR) is 68.7 cm³/mol. The molecule has 6 nitrogen and oxygen atoms in total. The third-order valence-electron chi connectivity index (χ3n) is 2.03. The summed E-state index contributed by atoms with van der Waals surface area (Å²) in [5.41, 5.74) is 2.07. The van der Waals surface area contributed by atoms with E-state index in [0.29, 0.717) is 6.61 Å². The molecule has 7 heteroatoms. The molecule has 1 aromatic carbocycles. The highest BCUT2D eigenvalue weighted by Crippen LogP contribution is 2.10. The molecule has 0 aliphatic heterocycles. The summed E-state index contributed by atoms with van der Waals surface area (Å²) >= 11 is 0. The van der Waals surface area contributed by atoms with Crippen molar-refractivity contribution in [3.8, 4) is 0 Å². The molecular formula is C12H15NO5S. The van der Waals surface area contributed by atoms with Crippen LogP contribution in [0.15, 0.2) is 46.7 Å². The van der Waals surface area contributed by atoms with E-state index in [1.54, 1.807) is 18.2 Å². The third kappa shape index (κ3) is 5.64. The molecule has 1 rings (SSSR count). The van der Waals surface area contributed by atoms with Gasteiger partial charge in [0.15, 0.2) is 9.84 Å². The molecule has 0 bridgehead atoms. The Kier molecular flexibility index (Phi) is 6.20. The second-order valence-corrected chi connectivity index (χ2v) is 5.30. The lowest BCUT2D eigenvalue weighted by atomic mass is 10.4. The van der Waals surface area contributed by atoms with E-state index in [2.05, 4.69) is 5.48 Å². The first-order valence-corrected chi connectivity index (χ1v) is 7.00. The monoisotopic (exact) mass is 285 g/mol. The van der Waals surface area contributed by atoms with E-state index in [1.807, 2.05) is 0 Å². The van der Waals surface area contributed by atoms with Gasteiger partial charge in [0.2, 0.25) is 0 Å². The van der Waals surface area contributed by atoms with Crippen molar-refractivity contribution in [2.45, 2.75) is 4.90 Å². The number of carbonyl (C=O) groups is 1. The highest BCUT2D eigenvalue weighted by molar-refractivity contribution is 7.94. The van der Waals surface area contributed by atoms with Gasteiger partial charge < -0.3 is 4.74 Å². The maximum absolute atomic E-state index is 11.8. The van der Waals surface area contributed by atoms with E-state index < -0.39 is 15.7 Å². The minimum Gasteiger partial charge on any atom is -0.382 e. The van der Waals surface area contributed by atoms with Gasteiger partial charge in [-0.1, -0.05) is 18.2 Å². The van der Waals surface area contributed by atoms with Crippen LogP contribution in [0, 0.1) is 0 Å². The number of rotatable bonds is 7. The number of nitrogens with one attached hydrogen (secondary N) is 1. The van der Waals surface area contributed by atoms with Crippen LogP contribution in [0.25, 0.3) is 0 Å². The molecule has 0 fully saturated rings. The molecule has 0 radical (unpaired) electrons. The number of hydrogen-bond donors (Lipinski definition) is 1.